The third kappa shape index (κ3) is 3.92. The molecule has 0 saturated heterocycles. The van der Waals surface area contributed by atoms with E-state index in [-0.39, 0.29) is 5.84 Å². The summed E-state index contributed by atoms with van der Waals surface area (Å²) in [5.74, 6) is 0.00789. The van der Waals surface area contributed by atoms with E-state index in [9.17, 15) is 0 Å². The van der Waals surface area contributed by atoms with E-state index in [1.807, 2.05) is 24.9 Å². The number of ether oxygens (including phenoxy) is 1. The van der Waals surface area contributed by atoms with Gasteiger partial charge in [-0.15, -0.1) is 0 Å². The second-order valence-corrected chi connectivity index (χ2v) is 3.51. The minimum atomic E-state index is 0.00789. The smallest absolute Gasteiger partial charge is 0.188 e. The van der Waals surface area contributed by atoms with Crippen molar-refractivity contribution in [3.63, 3.8) is 0 Å². The SMILES string of the molecule is CCOCCN(C)c1ccc(/C(N)=N/O)nc1. The van der Waals surface area contributed by atoms with Crippen molar-refractivity contribution >= 4 is 11.5 Å². The topological polar surface area (TPSA) is 84.0 Å². The van der Waals surface area contributed by atoms with Crippen LogP contribution in [0.15, 0.2) is 23.5 Å². The second-order valence-electron chi connectivity index (χ2n) is 3.51. The van der Waals surface area contributed by atoms with E-state index in [0.717, 1.165) is 12.2 Å². The van der Waals surface area contributed by atoms with Gasteiger partial charge in [-0.1, -0.05) is 5.16 Å². The Hall–Kier alpha value is -1.82. The molecule has 0 radical (unpaired) electrons. The van der Waals surface area contributed by atoms with Gasteiger partial charge in [-0.05, 0) is 19.1 Å². The number of oxime groups is 1. The molecule has 1 rings (SSSR count). The maximum absolute atomic E-state index is 8.51. The van der Waals surface area contributed by atoms with Crippen LogP contribution in [0.25, 0.3) is 0 Å². The molecule has 6 nitrogen and oxygen atoms in total. The number of rotatable bonds is 6. The van der Waals surface area contributed by atoms with Gasteiger partial charge in [0.05, 0.1) is 18.5 Å². The maximum Gasteiger partial charge on any atom is 0.188 e. The second kappa shape index (κ2) is 6.70. The van der Waals surface area contributed by atoms with Gasteiger partial charge >= 0.3 is 0 Å². The quantitative estimate of drug-likeness (QED) is 0.250. The van der Waals surface area contributed by atoms with Crippen molar-refractivity contribution in [2.45, 2.75) is 6.92 Å². The highest BCUT2D eigenvalue weighted by atomic mass is 16.5. The lowest BCUT2D eigenvalue weighted by molar-refractivity contribution is 0.154. The maximum atomic E-state index is 8.51. The first-order chi connectivity index (χ1) is 8.19. The van der Waals surface area contributed by atoms with Crippen LogP contribution in [0.1, 0.15) is 12.6 Å². The normalized spacial score (nSPS) is 11.5. The Kier molecular flexibility index (Phi) is 5.22. The largest absolute Gasteiger partial charge is 0.409 e. The van der Waals surface area contributed by atoms with E-state index >= 15 is 0 Å². The summed E-state index contributed by atoms with van der Waals surface area (Å²) in [5, 5.41) is 11.4. The fourth-order valence-electron chi connectivity index (χ4n) is 1.29. The number of hydrogen-bond acceptors (Lipinski definition) is 5. The Morgan fingerprint density at radius 3 is 2.88 bits per heavy atom. The molecule has 3 N–H and O–H groups in total. The van der Waals surface area contributed by atoms with E-state index in [1.54, 1.807) is 12.3 Å². The van der Waals surface area contributed by atoms with E-state index in [2.05, 4.69) is 10.1 Å². The van der Waals surface area contributed by atoms with Crippen molar-refractivity contribution in [1.82, 2.24) is 4.98 Å². The van der Waals surface area contributed by atoms with Crippen molar-refractivity contribution in [2.75, 3.05) is 31.7 Å². The summed E-state index contributed by atoms with van der Waals surface area (Å²) >= 11 is 0. The molecule has 1 aromatic heterocycles. The number of likely N-dealkylation sites (N-methyl/N-ethyl adjacent to an activating group) is 1. The average Bonchev–Trinajstić information content (AvgIpc) is 2.38. The van der Waals surface area contributed by atoms with Crippen LogP contribution < -0.4 is 10.6 Å². The van der Waals surface area contributed by atoms with E-state index in [4.69, 9.17) is 15.7 Å². The van der Waals surface area contributed by atoms with Crippen molar-refractivity contribution in [3.05, 3.63) is 24.0 Å². The molecule has 0 unspecified atom stereocenters. The molecular weight excluding hydrogens is 220 g/mol. The molecule has 1 heterocycles. The van der Waals surface area contributed by atoms with Gasteiger partial charge in [0, 0.05) is 20.2 Å². The highest BCUT2D eigenvalue weighted by Crippen LogP contribution is 2.10. The van der Waals surface area contributed by atoms with Gasteiger partial charge in [0.15, 0.2) is 5.84 Å². The third-order valence-corrected chi connectivity index (χ3v) is 2.33. The molecule has 0 spiro atoms. The summed E-state index contributed by atoms with van der Waals surface area (Å²) in [5.41, 5.74) is 6.83. The number of nitrogens with two attached hydrogens (primary N) is 1. The molecule has 94 valence electrons. The highest BCUT2D eigenvalue weighted by molar-refractivity contribution is 5.95. The number of pyridine rings is 1. The van der Waals surface area contributed by atoms with Crippen LogP contribution in [0.4, 0.5) is 5.69 Å². The highest BCUT2D eigenvalue weighted by Gasteiger charge is 2.04. The van der Waals surface area contributed by atoms with Crippen LogP contribution in [0.3, 0.4) is 0 Å². The van der Waals surface area contributed by atoms with Crippen LogP contribution in [-0.4, -0.2) is 42.8 Å². The molecule has 17 heavy (non-hydrogen) atoms. The standard InChI is InChI=1S/C11H18N4O2/c1-3-17-7-6-15(2)9-4-5-10(13-8-9)11(12)14-16/h4-5,8,16H,3,6-7H2,1-2H3,(H2,12,14). The molecule has 6 heteroatoms. The molecule has 0 aliphatic rings. The van der Waals surface area contributed by atoms with E-state index < -0.39 is 0 Å². The molecule has 0 aromatic carbocycles. The first-order valence-corrected chi connectivity index (χ1v) is 5.41. The van der Waals surface area contributed by atoms with E-state index in [0.29, 0.717) is 18.9 Å². The zero-order valence-electron chi connectivity index (χ0n) is 10.1. The van der Waals surface area contributed by atoms with Crippen LogP contribution in [0.5, 0.6) is 0 Å². The van der Waals surface area contributed by atoms with Crippen LogP contribution in [0.2, 0.25) is 0 Å². The lowest BCUT2D eigenvalue weighted by Gasteiger charge is -2.18. The molecule has 0 amide bonds. The lowest BCUT2D eigenvalue weighted by Crippen LogP contribution is -2.23. The third-order valence-electron chi connectivity index (χ3n) is 2.33. The molecule has 0 aliphatic heterocycles. The lowest BCUT2D eigenvalue weighted by atomic mass is 10.3. The minimum absolute atomic E-state index is 0.00789. The van der Waals surface area contributed by atoms with Crippen LogP contribution >= 0.6 is 0 Å². The fraction of sp³-hybridized carbons (Fsp3) is 0.455. The minimum Gasteiger partial charge on any atom is -0.409 e. The molecule has 1 aromatic rings. The molecule has 0 bridgehead atoms. The molecular formula is C11H18N4O2. The summed E-state index contributed by atoms with van der Waals surface area (Å²) in [7, 11) is 1.96. The predicted molar refractivity (Wildman–Crippen MR) is 66.5 cm³/mol. The molecule has 0 fully saturated rings. The number of anilines is 1. The molecule has 0 aliphatic carbocycles. The summed E-state index contributed by atoms with van der Waals surface area (Å²) in [6.45, 7) is 4.15. The Bertz CT molecular complexity index is 364. The zero-order chi connectivity index (χ0) is 12.7. The van der Waals surface area contributed by atoms with Crippen LogP contribution in [-0.2, 0) is 4.74 Å². The first-order valence-electron chi connectivity index (χ1n) is 5.41. The van der Waals surface area contributed by atoms with E-state index in [1.165, 1.54) is 0 Å². The first kappa shape index (κ1) is 13.2. The number of aromatic nitrogens is 1. The predicted octanol–water partition coefficient (Wildman–Crippen LogP) is 0.649. The van der Waals surface area contributed by atoms with Crippen molar-refractivity contribution < 1.29 is 9.94 Å². The molecule has 0 saturated carbocycles. The van der Waals surface area contributed by atoms with Crippen molar-refractivity contribution in [3.8, 4) is 0 Å². The van der Waals surface area contributed by atoms with Crippen molar-refractivity contribution in [2.24, 2.45) is 10.9 Å². The monoisotopic (exact) mass is 238 g/mol. The van der Waals surface area contributed by atoms with Gasteiger partial charge < -0.3 is 20.6 Å². The Labute approximate surface area is 101 Å². The van der Waals surface area contributed by atoms with Gasteiger partial charge in [0.2, 0.25) is 0 Å². The summed E-state index contributed by atoms with van der Waals surface area (Å²) in [4.78, 5) is 6.13. The van der Waals surface area contributed by atoms with Gasteiger partial charge in [0.1, 0.15) is 5.69 Å². The van der Waals surface area contributed by atoms with Crippen molar-refractivity contribution in [1.29, 1.82) is 0 Å². The van der Waals surface area contributed by atoms with Gasteiger partial charge in [-0.25, -0.2) is 0 Å². The number of amidine groups is 1. The Morgan fingerprint density at radius 2 is 2.35 bits per heavy atom. The fourth-order valence-corrected chi connectivity index (χ4v) is 1.29. The Morgan fingerprint density at radius 1 is 1.59 bits per heavy atom. The summed E-state index contributed by atoms with van der Waals surface area (Å²) < 4.78 is 5.27. The van der Waals surface area contributed by atoms with Crippen LogP contribution in [0, 0.1) is 0 Å². The molecule has 0 atom stereocenters. The van der Waals surface area contributed by atoms with Gasteiger partial charge in [-0.2, -0.15) is 0 Å². The number of hydrogen-bond donors (Lipinski definition) is 2. The average molecular weight is 238 g/mol. The number of nitrogens with zero attached hydrogens (tertiary/aromatic N) is 3. The van der Waals surface area contributed by atoms with Gasteiger partial charge in [-0.3, -0.25) is 4.98 Å². The van der Waals surface area contributed by atoms with Gasteiger partial charge in [0.25, 0.3) is 0 Å². The summed E-state index contributed by atoms with van der Waals surface area (Å²) in [6.07, 6.45) is 1.68. The Balaban J connectivity index is 2.61. The zero-order valence-corrected chi connectivity index (χ0v) is 10.1. The summed E-state index contributed by atoms with van der Waals surface area (Å²) in [6, 6.07) is 3.58.